The molecule has 0 saturated carbocycles. The number of amides is 1. The molecule has 0 saturated heterocycles. The minimum atomic E-state index is -0.0788. The van der Waals surface area contributed by atoms with Crippen molar-refractivity contribution in [2.75, 3.05) is 19.6 Å². The number of benzene rings is 1. The molecule has 1 heterocycles. The fourth-order valence-electron chi connectivity index (χ4n) is 2.68. The van der Waals surface area contributed by atoms with Crippen LogP contribution in [0.15, 0.2) is 30.3 Å². The van der Waals surface area contributed by atoms with Gasteiger partial charge < -0.3 is 5.32 Å². The van der Waals surface area contributed by atoms with Crippen LogP contribution in [0.1, 0.15) is 47.7 Å². The van der Waals surface area contributed by atoms with Gasteiger partial charge in [-0.05, 0) is 36.6 Å². The van der Waals surface area contributed by atoms with Crippen LogP contribution in [-0.2, 0) is 6.42 Å². The minimum Gasteiger partial charge on any atom is -0.349 e. The number of likely N-dealkylation sites (N-methyl/N-ethyl adjacent to an activating group) is 1. The number of nitrogens with zero attached hydrogens (tertiary/aromatic N) is 3. The summed E-state index contributed by atoms with van der Waals surface area (Å²) >= 11 is 1.16. The van der Waals surface area contributed by atoms with E-state index in [9.17, 15) is 4.79 Å². The van der Waals surface area contributed by atoms with Crippen molar-refractivity contribution in [2.24, 2.45) is 0 Å². The Kier molecular flexibility index (Phi) is 6.67. The van der Waals surface area contributed by atoms with Crippen LogP contribution >= 0.6 is 11.5 Å². The Morgan fingerprint density at radius 3 is 2.52 bits per heavy atom. The molecular formula is C17H24N4OS. The molecule has 0 bridgehead atoms. The van der Waals surface area contributed by atoms with Gasteiger partial charge in [0.05, 0.1) is 11.7 Å². The van der Waals surface area contributed by atoms with E-state index in [1.54, 1.807) is 0 Å². The van der Waals surface area contributed by atoms with Crippen molar-refractivity contribution in [3.63, 3.8) is 0 Å². The van der Waals surface area contributed by atoms with Gasteiger partial charge in [-0.1, -0.05) is 55.6 Å². The molecular weight excluding hydrogens is 308 g/mol. The van der Waals surface area contributed by atoms with Crippen molar-refractivity contribution in [2.45, 2.75) is 33.2 Å². The van der Waals surface area contributed by atoms with E-state index in [2.05, 4.69) is 45.8 Å². The van der Waals surface area contributed by atoms with E-state index >= 15 is 0 Å². The number of hydrogen-bond donors (Lipinski definition) is 1. The van der Waals surface area contributed by atoms with Gasteiger partial charge in [0.2, 0.25) is 0 Å². The lowest BCUT2D eigenvalue weighted by molar-refractivity contribution is 0.0938. The molecule has 0 radical (unpaired) electrons. The van der Waals surface area contributed by atoms with Crippen LogP contribution in [0.2, 0.25) is 0 Å². The highest BCUT2D eigenvalue weighted by molar-refractivity contribution is 7.08. The van der Waals surface area contributed by atoms with E-state index in [0.29, 0.717) is 11.4 Å². The van der Waals surface area contributed by atoms with Crippen molar-refractivity contribution >= 4 is 17.4 Å². The molecule has 5 nitrogen and oxygen atoms in total. The van der Waals surface area contributed by atoms with Gasteiger partial charge in [0.1, 0.15) is 4.88 Å². The van der Waals surface area contributed by atoms with E-state index in [0.717, 1.165) is 36.7 Å². The van der Waals surface area contributed by atoms with Gasteiger partial charge in [-0.2, -0.15) is 0 Å². The molecule has 2 rings (SSSR count). The summed E-state index contributed by atoms with van der Waals surface area (Å²) in [6, 6.07) is 10.5. The largest absolute Gasteiger partial charge is 0.349 e. The van der Waals surface area contributed by atoms with E-state index in [-0.39, 0.29) is 11.9 Å². The van der Waals surface area contributed by atoms with Crippen LogP contribution in [0.5, 0.6) is 0 Å². The molecule has 2 aromatic rings. The van der Waals surface area contributed by atoms with Crippen molar-refractivity contribution in [1.82, 2.24) is 19.8 Å². The zero-order valence-electron chi connectivity index (χ0n) is 14.0. The van der Waals surface area contributed by atoms with E-state index < -0.39 is 0 Å². The standard InChI is InChI=1S/C17H24N4OS/c1-4-14-16(23-20-19-14)17(22)18-12-15(21(5-2)6-3)13-10-8-7-9-11-13/h7-11,15H,4-6,12H2,1-3H3,(H,18,22). The summed E-state index contributed by atoms with van der Waals surface area (Å²) in [5.74, 6) is -0.0788. The van der Waals surface area contributed by atoms with Crippen molar-refractivity contribution in [1.29, 1.82) is 0 Å². The molecule has 0 aliphatic rings. The number of nitrogens with one attached hydrogen (secondary N) is 1. The zero-order chi connectivity index (χ0) is 16.7. The summed E-state index contributed by atoms with van der Waals surface area (Å²) < 4.78 is 3.89. The normalized spacial score (nSPS) is 12.3. The SMILES string of the molecule is CCc1nnsc1C(=O)NCC(c1ccccc1)N(CC)CC. The first-order valence-electron chi connectivity index (χ1n) is 8.09. The predicted octanol–water partition coefficient (Wildman–Crippen LogP) is 2.91. The van der Waals surface area contributed by atoms with Gasteiger partial charge in [-0.15, -0.1) is 5.10 Å². The second-order valence-electron chi connectivity index (χ2n) is 5.26. The second kappa shape index (κ2) is 8.74. The summed E-state index contributed by atoms with van der Waals surface area (Å²) in [5.41, 5.74) is 1.99. The van der Waals surface area contributed by atoms with E-state index in [1.807, 2.05) is 25.1 Å². The molecule has 1 amide bonds. The van der Waals surface area contributed by atoms with Crippen LogP contribution in [0.3, 0.4) is 0 Å². The topological polar surface area (TPSA) is 58.1 Å². The first kappa shape index (κ1) is 17.6. The molecule has 0 aliphatic carbocycles. The number of hydrogen-bond acceptors (Lipinski definition) is 5. The molecule has 1 N–H and O–H groups in total. The predicted molar refractivity (Wildman–Crippen MR) is 93.7 cm³/mol. The number of aryl methyl sites for hydroxylation is 1. The van der Waals surface area contributed by atoms with Gasteiger partial charge in [0.25, 0.3) is 5.91 Å². The fraction of sp³-hybridized carbons (Fsp3) is 0.471. The van der Waals surface area contributed by atoms with Gasteiger partial charge in [0.15, 0.2) is 0 Å². The van der Waals surface area contributed by atoms with Crippen molar-refractivity contribution in [3.8, 4) is 0 Å². The van der Waals surface area contributed by atoms with E-state index in [1.165, 1.54) is 5.56 Å². The molecule has 0 aliphatic heterocycles. The summed E-state index contributed by atoms with van der Waals surface area (Å²) in [7, 11) is 0. The first-order valence-corrected chi connectivity index (χ1v) is 8.86. The molecule has 1 aromatic heterocycles. The summed E-state index contributed by atoms with van der Waals surface area (Å²) in [6.45, 7) is 8.72. The van der Waals surface area contributed by atoms with Crippen molar-refractivity contribution < 1.29 is 4.79 Å². The Morgan fingerprint density at radius 1 is 1.22 bits per heavy atom. The number of rotatable bonds is 8. The van der Waals surface area contributed by atoms with Crippen molar-refractivity contribution in [3.05, 3.63) is 46.5 Å². The third-order valence-electron chi connectivity index (χ3n) is 3.99. The smallest absolute Gasteiger partial charge is 0.265 e. The van der Waals surface area contributed by atoms with Crippen LogP contribution in [0.25, 0.3) is 0 Å². The average Bonchev–Trinajstić information content (AvgIpc) is 3.08. The molecule has 0 spiro atoms. The summed E-state index contributed by atoms with van der Waals surface area (Å²) in [6.07, 6.45) is 0.720. The molecule has 1 aromatic carbocycles. The maximum atomic E-state index is 12.4. The monoisotopic (exact) mass is 332 g/mol. The minimum absolute atomic E-state index is 0.0788. The number of carbonyl (C=O) groups excluding carboxylic acids is 1. The van der Waals surface area contributed by atoms with Crippen LogP contribution in [-0.4, -0.2) is 40.0 Å². The summed E-state index contributed by atoms with van der Waals surface area (Å²) in [4.78, 5) is 15.4. The Balaban J connectivity index is 2.11. The van der Waals surface area contributed by atoms with Crippen LogP contribution in [0, 0.1) is 0 Å². The second-order valence-corrected chi connectivity index (χ2v) is 6.01. The van der Waals surface area contributed by atoms with Crippen LogP contribution in [0.4, 0.5) is 0 Å². The molecule has 23 heavy (non-hydrogen) atoms. The third kappa shape index (κ3) is 4.36. The molecule has 1 unspecified atom stereocenters. The third-order valence-corrected chi connectivity index (χ3v) is 4.76. The highest BCUT2D eigenvalue weighted by atomic mass is 32.1. The number of carbonyl (C=O) groups is 1. The molecule has 0 fully saturated rings. The zero-order valence-corrected chi connectivity index (χ0v) is 14.8. The molecule has 124 valence electrons. The van der Waals surface area contributed by atoms with Gasteiger partial charge >= 0.3 is 0 Å². The fourth-order valence-corrected chi connectivity index (χ4v) is 3.35. The highest BCUT2D eigenvalue weighted by Crippen LogP contribution is 2.20. The van der Waals surface area contributed by atoms with Crippen LogP contribution < -0.4 is 5.32 Å². The Hall–Kier alpha value is -1.79. The lowest BCUT2D eigenvalue weighted by Gasteiger charge is -2.30. The lowest BCUT2D eigenvalue weighted by Crippen LogP contribution is -2.38. The van der Waals surface area contributed by atoms with Gasteiger partial charge in [-0.25, -0.2) is 0 Å². The van der Waals surface area contributed by atoms with E-state index in [4.69, 9.17) is 0 Å². The molecule has 6 heteroatoms. The van der Waals surface area contributed by atoms with Gasteiger partial charge in [0, 0.05) is 6.54 Å². The maximum absolute atomic E-state index is 12.4. The quantitative estimate of drug-likeness (QED) is 0.807. The van der Waals surface area contributed by atoms with Gasteiger partial charge in [-0.3, -0.25) is 9.69 Å². The first-order chi connectivity index (χ1) is 11.2. The molecule has 1 atom stereocenters. The Labute approximate surface area is 141 Å². The lowest BCUT2D eigenvalue weighted by atomic mass is 10.1. The Morgan fingerprint density at radius 2 is 1.91 bits per heavy atom. The highest BCUT2D eigenvalue weighted by Gasteiger charge is 2.21. The maximum Gasteiger partial charge on any atom is 0.265 e. The Bertz CT molecular complexity index is 610. The average molecular weight is 332 g/mol. The summed E-state index contributed by atoms with van der Waals surface area (Å²) in [5, 5.41) is 7.06. The number of aromatic nitrogens is 2.